The Labute approximate surface area is 169 Å². The molecule has 1 heterocycles. The first-order valence-corrected chi connectivity index (χ1v) is 10.7. The third-order valence-corrected chi connectivity index (χ3v) is 6.57. The summed E-state index contributed by atoms with van der Waals surface area (Å²) in [5.74, 6) is 0.165. The van der Waals surface area contributed by atoms with Crippen LogP contribution in [0, 0.1) is 29.9 Å². The number of carbonyl (C=O) groups is 1. The second kappa shape index (κ2) is 7.82. The highest BCUT2D eigenvalue weighted by atomic mass is 32.2. The summed E-state index contributed by atoms with van der Waals surface area (Å²) in [5, 5.41) is 11.3. The summed E-state index contributed by atoms with van der Waals surface area (Å²) in [6, 6.07) is 9.12. The Morgan fingerprint density at radius 3 is 2.55 bits per heavy atom. The minimum Gasteiger partial charge on any atom is -0.338 e. The quantitative estimate of drug-likeness (QED) is 0.591. The van der Waals surface area contributed by atoms with Crippen LogP contribution in [0.1, 0.15) is 34.8 Å². The molecule has 1 N–H and O–H groups in total. The summed E-state index contributed by atoms with van der Waals surface area (Å²) in [6.07, 6.45) is 0.909. The van der Waals surface area contributed by atoms with E-state index in [1.165, 1.54) is 25.1 Å². The molecule has 3 rings (SSSR count). The van der Waals surface area contributed by atoms with Crippen molar-refractivity contribution in [2.45, 2.75) is 32.1 Å². The average Bonchev–Trinajstić information content (AvgIpc) is 3.09. The van der Waals surface area contributed by atoms with Gasteiger partial charge in [-0.25, -0.2) is 8.42 Å². The Kier molecular flexibility index (Phi) is 5.61. The van der Waals surface area contributed by atoms with Crippen molar-refractivity contribution < 1.29 is 18.1 Å². The molecule has 0 bridgehead atoms. The number of nitro groups is 1. The number of para-hydroxylation sites is 1. The lowest BCUT2D eigenvalue weighted by Crippen LogP contribution is -2.29. The van der Waals surface area contributed by atoms with E-state index >= 15 is 0 Å². The highest BCUT2D eigenvalue weighted by Crippen LogP contribution is 2.30. The molecule has 9 heteroatoms. The summed E-state index contributed by atoms with van der Waals surface area (Å²) < 4.78 is 28.5. The molecule has 1 fully saturated rings. The molecule has 1 saturated heterocycles. The Bertz CT molecular complexity index is 1080. The zero-order valence-corrected chi connectivity index (χ0v) is 17.3. The summed E-state index contributed by atoms with van der Waals surface area (Å²) in [7, 11) is -4.14. The number of hydrogen-bond acceptors (Lipinski definition) is 5. The number of aryl methyl sites for hydroxylation is 1. The molecule has 2 aromatic rings. The highest BCUT2D eigenvalue weighted by molar-refractivity contribution is 7.92. The van der Waals surface area contributed by atoms with Crippen LogP contribution in [0.3, 0.4) is 0 Å². The largest absolute Gasteiger partial charge is 0.338 e. The van der Waals surface area contributed by atoms with Gasteiger partial charge in [0.2, 0.25) is 0 Å². The van der Waals surface area contributed by atoms with Crippen molar-refractivity contribution in [3.05, 3.63) is 63.2 Å². The minimum atomic E-state index is -4.14. The number of sulfonamides is 1. The predicted molar refractivity (Wildman–Crippen MR) is 110 cm³/mol. The van der Waals surface area contributed by atoms with Gasteiger partial charge in [0.15, 0.2) is 0 Å². The van der Waals surface area contributed by atoms with Gasteiger partial charge < -0.3 is 4.90 Å². The van der Waals surface area contributed by atoms with Gasteiger partial charge in [-0.05, 0) is 49.9 Å². The molecule has 29 heavy (non-hydrogen) atoms. The standard InChI is InChI=1S/C20H23N3O5S/c1-13-8-9-22(12-13)20(24)16-6-4-5-7-17(16)21-29(27,28)19-11-14(2)10-18(15(19)3)23(25)26/h4-7,10-11,13,21H,8-9,12H2,1-3H3. The maximum absolute atomic E-state index is 13.0. The lowest BCUT2D eigenvalue weighted by Gasteiger charge is -2.19. The Balaban J connectivity index is 1.99. The smallest absolute Gasteiger partial charge is 0.273 e. The van der Waals surface area contributed by atoms with E-state index in [0.29, 0.717) is 24.6 Å². The molecule has 0 saturated carbocycles. The molecule has 1 aliphatic rings. The third kappa shape index (κ3) is 4.24. The summed E-state index contributed by atoms with van der Waals surface area (Å²) in [6.45, 7) is 6.31. The number of nitrogens with one attached hydrogen (secondary N) is 1. The van der Waals surface area contributed by atoms with E-state index in [4.69, 9.17) is 0 Å². The van der Waals surface area contributed by atoms with Crippen molar-refractivity contribution in [2.75, 3.05) is 17.8 Å². The van der Waals surface area contributed by atoms with Gasteiger partial charge in [0.05, 0.1) is 21.1 Å². The second-order valence-corrected chi connectivity index (χ2v) is 9.11. The van der Waals surface area contributed by atoms with Gasteiger partial charge in [0.1, 0.15) is 0 Å². The van der Waals surface area contributed by atoms with E-state index in [1.54, 1.807) is 30.0 Å². The number of likely N-dealkylation sites (tertiary alicyclic amines) is 1. The summed E-state index contributed by atoms with van der Waals surface area (Å²) >= 11 is 0. The molecular weight excluding hydrogens is 394 g/mol. The molecule has 8 nitrogen and oxygen atoms in total. The zero-order valence-electron chi connectivity index (χ0n) is 16.5. The SMILES string of the molecule is Cc1cc([N+](=O)[O-])c(C)c(S(=O)(=O)Nc2ccccc2C(=O)N2CCC(C)C2)c1. The van der Waals surface area contributed by atoms with E-state index < -0.39 is 14.9 Å². The lowest BCUT2D eigenvalue weighted by atomic mass is 10.1. The molecule has 0 spiro atoms. The van der Waals surface area contributed by atoms with E-state index in [1.807, 2.05) is 0 Å². The average molecular weight is 417 g/mol. The van der Waals surface area contributed by atoms with Gasteiger partial charge in [-0.15, -0.1) is 0 Å². The van der Waals surface area contributed by atoms with Crippen molar-refractivity contribution in [1.82, 2.24) is 4.90 Å². The number of anilines is 1. The van der Waals surface area contributed by atoms with Crippen molar-refractivity contribution in [3.63, 3.8) is 0 Å². The molecular formula is C20H23N3O5S. The van der Waals surface area contributed by atoms with Crippen LogP contribution in [0.25, 0.3) is 0 Å². The molecule has 0 aromatic heterocycles. The van der Waals surface area contributed by atoms with E-state index in [0.717, 1.165) is 6.42 Å². The Morgan fingerprint density at radius 1 is 1.24 bits per heavy atom. The molecule has 1 aliphatic heterocycles. The van der Waals surface area contributed by atoms with E-state index in [-0.39, 0.29) is 33.3 Å². The lowest BCUT2D eigenvalue weighted by molar-refractivity contribution is -0.385. The maximum atomic E-state index is 13.0. The van der Waals surface area contributed by atoms with Crippen LogP contribution in [0.2, 0.25) is 0 Å². The van der Waals surface area contributed by atoms with E-state index in [9.17, 15) is 23.3 Å². The monoisotopic (exact) mass is 417 g/mol. The topological polar surface area (TPSA) is 110 Å². The molecule has 0 radical (unpaired) electrons. The first-order chi connectivity index (χ1) is 13.6. The Morgan fingerprint density at radius 2 is 1.93 bits per heavy atom. The normalized spacial score (nSPS) is 16.7. The van der Waals surface area contributed by atoms with Gasteiger partial charge in [-0.2, -0.15) is 0 Å². The number of carbonyl (C=O) groups excluding carboxylic acids is 1. The fraction of sp³-hybridized carbons (Fsp3) is 0.350. The molecule has 1 atom stereocenters. The fourth-order valence-electron chi connectivity index (χ4n) is 3.52. The van der Waals surface area contributed by atoms with Gasteiger partial charge in [0.25, 0.3) is 21.6 Å². The molecule has 0 aliphatic carbocycles. The van der Waals surface area contributed by atoms with Crippen LogP contribution in [0.4, 0.5) is 11.4 Å². The van der Waals surface area contributed by atoms with Crippen LogP contribution in [0.15, 0.2) is 41.3 Å². The van der Waals surface area contributed by atoms with Crippen LogP contribution in [-0.4, -0.2) is 37.2 Å². The van der Waals surface area contributed by atoms with Crippen LogP contribution >= 0.6 is 0 Å². The molecule has 154 valence electrons. The second-order valence-electron chi connectivity index (χ2n) is 7.46. The van der Waals surface area contributed by atoms with Crippen LogP contribution in [0.5, 0.6) is 0 Å². The van der Waals surface area contributed by atoms with Gasteiger partial charge >= 0.3 is 0 Å². The highest BCUT2D eigenvalue weighted by Gasteiger charge is 2.28. The molecule has 2 aromatic carbocycles. The minimum absolute atomic E-state index is 0.0466. The fourth-order valence-corrected chi connectivity index (χ4v) is 4.95. The van der Waals surface area contributed by atoms with Crippen molar-refractivity contribution in [2.24, 2.45) is 5.92 Å². The Hall–Kier alpha value is -2.94. The van der Waals surface area contributed by atoms with E-state index in [2.05, 4.69) is 11.6 Å². The summed E-state index contributed by atoms with van der Waals surface area (Å²) in [5.41, 5.74) is 0.648. The van der Waals surface area contributed by atoms with Gasteiger partial charge in [-0.3, -0.25) is 19.6 Å². The molecule has 1 amide bonds. The van der Waals surface area contributed by atoms with Crippen molar-refractivity contribution in [1.29, 1.82) is 0 Å². The molecule has 1 unspecified atom stereocenters. The number of nitrogens with zero attached hydrogens (tertiary/aromatic N) is 2. The first kappa shape index (κ1) is 20.8. The van der Waals surface area contributed by atoms with Crippen LogP contribution in [-0.2, 0) is 10.0 Å². The number of benzene rings is 2. The maximum Gasteiger partial charge on any atom is 0.273 e. The van der Waals surface area contributed by atoms with Gasteiger partial charge in [-0.1, -0.05) is 19.1 Å². The first-order valence-electron chi connectivity index (χ1n) is 9.27. The van der Waals surface area contributed by atoms with Gasteiger partial charge in [0, 0.05) is 24.7 Å². The number of amides is 1. The van der Waals surface area contributed by atoms with Crippen LogP contribution < -0.4 is 4.72 Å². The number of hydrogen-bond donors (Lipinski definition) is 1. The third-order valence-electron chi connectivity index (χ3n) is 5.08. The number of rotatable bonds is 5. The number of nitro benzene ring substituents is 1. The zero-order chi connectivity index (χ0) is 21.3. The predicted octanol–water partition coefficient (Wildman–Crippen LogP) is 3.49. The summed E-state index contributed by atoms with van der Waals surface area (Å²) in [4.78, 5) is 25.1. The van der Waals surface area contributed by atoms with Crippen molar-refractivity contribution in [3.8, 4) is 0 Å². The van der Waals surface area contributed by atoms with Crippen molar-refractivity contribution >= 4 is 27.3 Å².